The molecule has 0 bridgehead atoms. The molecule has 1 heteroatoms. The van der Waals surface area contributed by atoms with Crippen LogP contribution in [0.2, 0.25) is 0 Å². The van der Waals surface area contributed by atoms with E-state index in [9.17, 15) is 0 Å². The van der Waals surface area contributed by atoms with Crippen molar-refractivity contribution < 1.29 is 0 Å². The monoisotopic (exact) mass is 240 g/mol. The average Bonchev–Trinajstić information content (AvgIpc) is 1.98. The van der Waals surface area contributed by atoms with Crippen molar-refractivity contribution in [2.75, 3.05) is 0 Å². The molecule has 0 N–H and O–H groups in total. The van der Waals surface area contributed by atoms with Gasteiger partial charge in [-0.05, 0) is 56.9 Å². The molecule has 1 aromatic rings. The molecule has 0 atom stereocenters. The molecule has 13 heavy (non-hydrogen) atoms. The molecule has 0 radical (unpaired) electrons. The van der Waals surface area contributed by atoms with Gasteiger partial charge in [-0.1, -0.05) is 28.1 Å². The van der Waals surface area contributed by atoms with E-state index in [2.05, 4.69) is 62.7 Å². The Bertz CT molecular complexity index is 319. The summed E-state index contributed by atoms with van der Waals surface area (Å²) >= 11 is 3.70. The van der Waals surface area contributed by atoms with E-state index < -0.39 is 0 Å². The predicted octanol–water partition coefficient (Wildman–Crippen LogP) is 4.24. The molecule has 0 aromatic heterocycles. The number of alkyl halides is 1. The first-order chi connectivity index (χ1) is 5.84. The number of hydrogen-bond acceptors (Lipinski definition) is 0. The summed E-state index contributed by atoms with van der Waals surface area (Å²) in [6, 6.07) is 4.41. The van der Waals surface area contributed by atoms with E-state index in [1.54, 1.807) is 0 Å². The van der Waals surface area contributed by atoms with Crippen LogP contribution in [0.1, 0.15) is 36.1 Å². The highest BCUT2D eigenvalue weighted by atomic mass is 79.9. The summed E-state index contributed by atoms with van der Waals surface area (Å²) in [4.78, 5) is 0. The highest BCUT2D eigenvalue weighted by molar-refractivity contribution is 9.09. The Hall–Kier alpha value is -0.300. The molecule has 0 heterocycles. The molecule has 0 aliphatic heterocycles. The lowest BCUT2D eigenvalue weighted by atomic mass is 9.92. The average molecular weight is 241 g/mol. The van der Waals surface area contributed by atoms with Crippen LogP contribution in [0.25, 0.3) is 0 Å². The molecule has 0 saturated heterocycles. The van der Waals surface area contributed by atoms with Gasteiger partial charge in [0.15, 0.2) is 0 Å². The lowest BCUT2D eigenvalue weighted by molar-refractivity contribution is 0.792. The summed E-state index contributed by atoms with van der Waals surface area (Å²) in [5.74, 6) is 0. The van der Waals surface area contributed by atoms with E-state index >= 15 is 0 Å². The summed E-state index contributed by atoms with van der Waals surface area (Å²) in [6.45, 7) is 10.9. The van der Waals surface area contributed by atoms with Gasteiger partial charge < -0.3 is 0 Å². The van der Waals surface area contributed by atoms with Gasteiger partial charge in [0.1, 0.15) is 0 Å². The van der Waals surface area contributed by atoms with Gasteiger partial charge in [0.2, 0.25) is 0 Å². The molecular weight excluding hydrogens is 224 g/mol. The van der Waals surface area contributed by atoms with Gasteiger partial charge in [-0.3, -0.25) is 0 Å². The number of halogens is 1. The zero-order valence-electron chi connectivity index (χ0n) is 9.03. The fourth-order valence-corrected chi connectivity index (χ4v) is 2.03. The van der Waals surface area contributed by atoms with E-state index in [-0.39, 0.29) is 4.32 Å². The summed E-state index contributed by atoms with van der Waals surface area (Å²) in [5, 5.41) is 0. The molecule has 0 nitrogen and oxygen atoms in total. The molecule has 0 spiro atoms. The first kappa shape index (κ1) is 10.8. The second-order valence-electron chi connectivity index (χ2n) is 4.15. The maximum Gasteiger partial charge on any atom is 0.0452 e. The van der Waals surface area contributed by atoms with Gasteiger partial charge in [-0.25, -0.2) is 0 Å². The summed E-state index contributed by atoms with van der Waals surface area (Å²) < 4.78 is 0.0789. The molecule has 0 amide bonds. The van der Waals surface area contributed by atoms with Crippen LogP contribution in [0.15, 0.2) is 12.1 Å². The van der Waals surface area contributed by atoms with Gasteiger partial charge in [0, 0.05) is 4.32 Å². The molecular formula is C12H17Br. The first-order valence-electron chi connectivity index (χ1n) is 4.60. The topological polar surface area (TPSA) is 0 Å². The van der Waals surface area contributed by atoms with Crippen molar-refractivity contribution in [1.29, 1.82) is 0 Å². The van der Waals surface area contributed by atoms with Crippen LogP contribution in [0.3, 0.4) is 0 Å². The number of rotatable bonds is 1. The normalized spacial score (nSPS) is 11.8. The Kier molecular flexibility index (Phi) is 2.86. The van der Waals surface area contributed by atoms with E-state index in [0.29, 0.717) is 0 Å². The Balaban J connectivity index is 3.35. The van der Waals surface area contributed by atoms with Crippen LogP contribution in [0.5, 0.6) is 0 Å². The Morgan fingerprint density at radius 3 is 2.00 bits per heavy atom. The first-order valence-corrected chi connectivity index (χ1v) is 5.39. The third-order valence-electron chi connectivity index (χ3n) is 2.70. The summed E-state index contributed by atoms with van der Waals surface area (Å²) in [6.07, 6.45) is 0. The minimum Gasteiger partial charge on any atom is -0.0807 e. The van der Waals surface area contributed by atoms with Gasteiger partial charge in [0.05, 0.1) is 0 Å². The largest absolute Gasteiger partial charge is 0.0807 e. The van der Waals surface area contributed by atoms with Crippen molar-refractivity contribution in [2.45, 2.75) is 38.9 Å². The molecule has 1 rings (SSSR count). The number of benzene rings is 1. The number of hydrogen-bond donors (Lipinski definition) is 0. The van der Waals surface area contributed by atoms with Gasteiger partial charge >= 0.3 is 0 Å². The minimum absolute atomic E-state index is 0.0789. The maximum absolute atomic E-state index is 3.70. The van der Waals surface area contributed by atoms with Crippen molar-refractivity contribution in [3.05, 3.63) is 34.4 Å². The zero-order valence-corrected chi connectivity index (χ0v) is 10.6. The lowest BCUT2D eigenvalue weighted by Gasteiger charge is -2.21. The standard InChI is InChI=1S/C12H17Br/c1-8-6-7-11(12(4,5)13)10(3)9(8)2/h6-7H,1-5H3. The Morgan fingerprint density at radius 1 is 1.00 bits per heavy atom. The quantitative estimate of drug-likeness (QED) is 0.645. The second kappa shape index (κ2) is 3.45. The SMILES string of the molecule is Cc1ccc(C(C)(C)Br)c(C)c1C. The van der Waals surface area contributed by atoms with E-state index in [4.69, 9.17) is 0 Å². The molecule has 0 unspecified atom stereocenters. The van der Waals surface area contributed by atoms with Crippen molar-refractivity contribution in [1.82, 2.24) is 0 Å². The van der Waals surface area contributed by atoms with E-state index in [1.807, 2.05) is 0 Å². The molecule has 1 aromatic carbocycles. The van der Waals surface area contributed by atoms with E-state index in [1.165, 1.54) is 22.3 Å². The second-order valence-corrected chi connectivity index (χ2v) is 6.13. The zero-order chi connectivity index (χ0) is 10.2. The number of aryl methyl sites for hydroxylation is 1. The molecule has 0 aliphatic rings. The third kappa shape index (κ3) is 2.14. The van der Waals surface area contributed by atoms with Crippen LogP contribution in [0.4, 0.5) is 0 Å². The van der Waals surface area contributed by atoms with Crippen LogP contribution >= 0.6 is 15.9 Å². The third-order valence-corrected chi connectivity index (χ3v) is 3.13. The van der Waals surface area contributed by atoms with Crippen LogP contribution in [-0.4, -0.2) is 0 Å². The van der Waals surface area contributed by atoms with Gasteiger partial charge in [-0.2, -0.15) is 0 Å². The molecule has 72 valence electrons. The Morgan fingerprint density at radius 2 is 1.54 bits per heavy atom. The highest BCUT2D eigenvalue weighted by Crippen LogP contribution is 2.33. The van der Waals surface area contributed by atoms with E-state index in [0.717, 1.165) is 0 Å². The van der Waals surface area contributed by atoms with Gasteiger partial charge in [0.25, 0.3) is 0 Å². The lowest BCUT2D eigenvalue weighted by Crippen LogP contribution is -2.10. The minimum atomic E-state index is 0.0789. The predicted molar refractivity (Wildman–Crippen MR) is 62.6 cm³/mol. The van der Waals surface area contributed by atoms with Crippen LogP contribution < -0.4 is 0 Å². The summed E-state index contributed by atoms with van der Waals surface area (Å²) in [5.41, 5.74) is 5.57. The summed E-state index contributed by atoms with van der Waals surface area (Å²) in [7, 11) is 0. The smallest absolute Gasteiger partial charge is 0.0452 e. The van der Waals surface area contributed by atoms with Gasteiger partial charge in [-0.15, -0.1) is 0 Å². The van der Waals surface area contributed by atoms with Crippen molar-refractivity contribution in [3.8, 4) is 0 Å². The van der Waals surface area contributed by atoms with Crippen LogP contribution in [-0.2, 0) is 4.32 Å². The Labute approximate surface area is 89.5 Å². The van der Waals surface area contributed by atoms with Crippen molar-refractivity contribution in [3.63, 3.8) is 0 Å². The molecule has 0 aliphatic carbocycles. The molecule has 0 fully saturated rings. The van der Waals surface area contributed by atoms with Crippen LogP contribution in [0, 0.1) is 20.8 Å². The fraction of sp³-hybridized carbons (Fsp3) is 0.500. The maximum atomic E-state index is 3.70. The molecule has 0 saturated carbocycles. The van der Waals surface area contributed by atoms with Crippen molar-refractivity contribution >= 4 is 15.9 Å². The highest BCUT2D eigenvalue weighted by Gasteiger charge is 2.19. The van der Waals surface area contributed by atoms with Crippen molar-refractivity contribution in [2.24, 2.45) is 0 Å². The fourth-order valence-electron chi connectivity index (χ4n) is 1.60.